The molecule has 3 aromatic rings. The molecule has 0 heterocycles. The lowest BCUT2D eigenvalue weighted by Gasteiger charge is -2.16. The van der Waals surface area contributed by atoms with Gasteiger partial charge in [-0.15, -0.1) is 0 Å². The zero-order valence-corrected chi connectivity index (χ0v) is 18.8. The Kier molecular flexibility index (Phi) is 7.71. The summed E-state index contributed by atoms with van der Waals surface area (Å²) in [5.74, 6) is 1.84. The Bertz CT molecular complexity index is 1010. The normalized spacial score (nSPS) is 10.7. The Morgan fingerprint density at radius 1 is 0.935 bits per heavy atom. The van der Waals surface area contributed by atoms with E-state index in [4.69, 9.17) is 9.47 Å². The Hall–Kier alpha value is -3.27. The maximum atomic E-state index is 12.7. The van der Waals surface area contributed by atoms with E-state index in [-0.39, 0.29) is 5.91 Å². The lowest BCUT2D eigenvalue weighted by atomic mass is 10.0. The molecule has 4 heteroatoms. The van der Waals surface area contributed by atoms with Crippen LogP contribution in [0.2, 0.25) is 0 Å². The van der Waals surface area contributed by atoms with Crippen LogP contribution in [0.1, 0.15) is 59.3 Å². The van der Waals surface area contributed by atoms with Gasteiger partial charge in [-0.25, -0.2) is 0 Å². The third-order valence-electron chi connectivity index (χ3n) is 5.12. The summed E-state index contributed by atoms with van der Waals surface area (Å²) in [5, 5.41) is 2.99. The Labute approximate surface area is 185 Å². The fraction of sp³-hybridized carbons (Fsp3) is 0.296. The minimum atomic E-state index is -0.118. The number of para-hydroxylation sites is 1. The van der Waals surface area contributed by atoms with E-state index in [2.05, 4.69) is 25.2 Å². The smallest absolute Gasteiger partial charge is 0.251 e. The number of aryl methyl sites for hydroxylation is 1. The van der Waals surface area contributed by atoms with Crippen LogP contribution in [0.3, 0.4) is 0 Å². The number of ether oxygens (including phenoxy) is 2. The summed E-state index contributed by atoms with van der Waals surface area (Å²) < 4.78 is 11.9. The minimum absolute atomic E-state index is 0.118. The molecule has 0 aromatic heterocycles. The van der Waals surface area contributed by atoms with Crippen LogP contribution in [-0.2, 0) is 13.2 Å². The number of benzene rings is 3. The summed E-state index contributed by atoms with van der Waals surface area (Å²) >= 11 is 0. The van der Waals surface area contributed by atoms with Crippen molar-refractivity contribution in [2.75, 3.05) is 6.61 Å². The van der Waals surface area contributed by atoms with E-state index in [1.165, 1.54) is 5.56 Å². The monoisotopic (exact) mass is 417 g/mol. The summed E-state index contributed by atoms with van der Waals surface area (Å²) in [4.78, 5) is 12.7. The molecule has 0 unspecified atom stereocenters. The molecule has 0 atom stereocenters. The molecule has 0 fully saturated rings. The molecule has 162 valence electrons. The van der Waals surface area contributed by atoms with E-state index in [1.54, 1.807) is 6.07 Å². The molecule has 3 rings (SSSR count). The predicted octanol–water partition coefficient (Wildman–Crippen LogP) is 6.03. The largest absolute Gasteiger partial charge is 0.493 e. The molecule has 0 saturated heterocycles. The molecule has 0 aliphatic carbocycles. The molecule has 0 radical (unpaired) electrons. The number of rotatable bonds is 9. The topological polar surface area (TPSA) is 47.6 Å². The summed E-state index contributed by atoms with van der Waals surface area (Å²) in [6.45, 7) is 9.65. The maximum Gasteiger partial charge on any atom is 0.251 e. The molecule has 1 N–H and O–H groups in total. The molecule has 4 nitrogen and oxygen atoms in total. The molecular weight excluding hydrogens is 386 g/mol. The van der Waals surface area contributed by atoms with E-state index in [0.29, 0.717) is 31.2 Å². The van der Waals surface area contributed by atoms with Gasteiger partial charge in [-0.3, -0.25) is 4.79 Å². The van der Waals surface area contributed by atoms with Crippen molar-refractivity contribution >= 4 is 5.91 Å². The lowest BCUT2D eigenvalue weighted by molar-refractivity contribution is 0.0950. The second-order valence-electron chi connectivity index (χ2n) is 7.90. The summed E-state index contributed by atoms with van der Waals surface area (Å²) in [6, 6.07) is 21.7. The number of nitrogens with one attached hydrogen (secondary N) is 1. The van der Waals surface area contributed by atoms with Gasteiger partial charge in [-0.2, -0.15) is 0 Å². The summed E-state index contributed by atoms with van der Waals surface area (Å²) in [7, 11) is 0. The van der Waals surface area contributed by atoms with Crippen molar-refractivity contribution in [3.05, 3.63) is 94.5 Å². The number of hydrogen-bond donors (Lipinski definition) is 1. The maximum absolute atomic E-state index is 12.7. The van der Waals surface area contributed by atoms with Gasteiger partial charge in [0.1, 0.15) is 18.1 Å². The number of amides is 1. The van der Waals surface area contributed by atoms with Crippen LogP contribution in [0.15, 0.2) is 66.7 Å². The molecule has 31 heavy (non-hydrogen) atoms. The summed E-state index contributed by atoms with van der Waals surface area (Å²) in [6.07, 6.45) is 0. The van der Waals surface area contributed by atoms with E-state index in [9.17, 15) is 4.79 Å². The minimum Gasteiger partial charge on any atom is -0.493 e. The number of carbonyl (C=O) groups is 1. The third-order valence-corrected chi connectivity index (χ3v) is 5.12. The first-order chi connectivity index (χ1) is 15.0. The van der Waals surface area contributed by atoms with Crippen LogP contribution < -0.4 is 14.8 Å². The van der Waals surface area contributed by atoms with Crippen LogP contribution in [0, 0.1) is 6.92 Å². The highest BCUT2D eigenvalue weighted by Gasteiger charge is 2.13. The van der Waals surface area contributed by atoms with Crippen molar-refractivity contribution in [1.29, 1.82) is 0 Å². The fourth-order valence-corrected chi connectivity index (χ4v) is 3.36. The quantitative estimate of drug-likeness (QED) is 0.463. The Balaban J connectivity index is 1.74. The van der Waals surface area contributed by atoms with Gasteiger partial charge in [0.2, 0.25) is 0 Å². The lowest BCUT2D eigenvalue weighted by Crippen LogP contribution is -2.23. The standard InChI is InChI=1S/C27H31NO3/c1-5-30-25-15-14-22(27(29)28-17-21-12-10-20(4)11-13-21)16-23(25)18-31-26-9-7-6-8-24(26)19(2)3/h6-16,19H,5,17-18H2,1-4H3,(H,28,29). The zero-order valence-electron chi connectivity index (χ0n) is 18.8. The molecule has 0 spiro atoms. The SMILES string of the molecule is CCOc1ccc(C(=O)NCc2ccc(C)cc2)cc1COc1ccccc1C(C)C. The van der Waals surface area contributed by atoms with Crippen molar-refractivity contribution in [3.63, 3.8) is 0 Å². The van der Waals surface area contributed by atoms with Crippen molar-refractivity contribution in [2.24, 2.45) is 0 Å². The highest BCUT2D eigenvalue weighted by atomic mass is 16.5. The first-order valence-electron chi connectivity index (χ1n) is 10.8. The van der Waals surface area contributed by atoms with E-state index >= 15 is 0 Å². The summed E-state index contributed by atoms with van der Waals surface area (Å²) in [5.41, 5.74) is 4.87. The van der Waals surface area contributed by atoms with Crippen LogP contribution in [0.25, 0.3) is 0 Å². The molecule has 0 bridgehead atoms. The van der Waals surface area contributed by atoms with Gasteiger partial charge in [0, 0.05) is 17.7 Å². The van der Waals surface area contributed by atoms with Gasteiger partial charge in [0.25, 0.3) is 5.91 Å². The zero-order chi connectivity index (χ0) is 22.2. The molecule has 1 amide bonds. The van der Waals surface area contributed by atoms with Crippen molar-refractivity contribution in [3.8, 4) is 11.5 Å². The molecule has 0 aliphatic rings. The predicted molar refractivity (Wildman–Crippen MR) is 125 cm³/mol. The molecule has 0 saturated carbocycles. The Morgan fingerprint density at radius 2 is 1.68 bits per heavy atom. The van der Waals surface area contributed by atoms with Gasteiger partial charge < -0.3 is 14.8 Å². The third kappa shape index (κ3) is 6.11. The van der Waals surface area contributed by atoms with E-state index in [1.807, 2.05) is 68.4 Å². The molecule has 3 aromatic carbocycles. The van der Waals surface area contributed by atoms with E-state index in [0.717, 1.165) is 28.2 Å². The van der Waals surface area contributed by atoms with Gasteiger partial charge in [0.05, 0.1) is 6.61 Å². The fourth-order valence-electron chi connectivity index (χ4n) is 3.36. The Morgan fingerprint density at radius 3 is 2.39 bits per heavy atom. The number of carbonyl (C=O) groups excluding carboxylic acids is 1. The van der Waals surface area contributed by atoms with Gasteiger partial charge >= 0.3 is 0 Å². The van der Waals surface area contributed by atoms with Crippen molar-refractivity contribution in [1.82, 2.24) is 5.32 Å². The first kappa shape index (κ1) is 22.4. The van der Waals surface area contributed by atoms with Crippen LogP contribution in [-0.4, -0.2) is 12.5 Å². The highest BCUT2D eigenvalue weighted by Crippen LogP contribution is 2.28. The second-order valence-corrected chi connectivity index (χ2v) is 7.90. The van der Waals surface area contributed by atoms with Gasteiger partial charge in [0.15, 0.2) is 0 Å². The number of hydrogen-bond acceptors (Lipinski definition) is 3. The van der Waals surface area contributed by atoms with Crippen LogP contribution in [0.4, 0.5) is 0 Å². The average Bonchev–Trinajstić information content (AvgIpc) is 2.78. The van der Waals surface area contributed by atoms with E-state index < -0.39 is 0 Å². The molecular formula is C27H31NO3. The van der Waals surface area contributed by atoms with Crippen molar-refractivity contribution in [2.45, 2.75) is 46.8 Å². The second kappa shape index (κ2) is 10.7. The van der Waals surface area contributed by atoms with Gasteiger partial charge in [-0.05, 0) is 55.2 Å². The molecule has 0 aliphatic heterocycles. The van der Waals surface area contributed by atoms with Crippen LogP contribution in [0.5, 0.6) is 11.5 Å². The highest BCUT2D eigenvalue weighted by molar-refractivity contribution is 5.94. The van der Waals surface area contributed by atoms with Gasteiger partial charge in [-0.1, -0.05) is 61.9 Å². The average molecular weight is 418 g/mol. The van der Waals surface area contributed by atoms with Crippen molar-refractivity contribution < 1.29 is 14.3 Å². The first-order valence-corrected chi connectivity index (χ1v) is 10.8. The van der Waals surface area contributed by atoms with Crippen LogP contribution >= 0.6 is 0 Å².